The fourth-order valence-electron chi connectivity index (χ4n) is 2.75. The summed E-state index contributed by atoms with van der Waals surface area (Å²) in [7, 11) is 1.67. The molecule has 3 rings (SSSR count). The predicted molar refractivity (Wildman–Crippen MR) is 89.9 cm³/mol. The molecule has 1 atom stereocenters. The molecule has 0 aliphatic carbocycles. The van der Waals surface area contributed by atoms with Gasteiger partial charge >= 0.3 is 0 Å². The first-order valence-corrected chi connectivity index (χ1v) is 8.09. The van der Waals surface area contributed by atoms with E-state index in [1.54, 1.807) is 7.11 Å². The van der Waals surface area contributed by atoms with Crippen molar-refractivity contribution in [1.82, 2.24) is 10.3 Å². The molecule has 124 valence electrons. The maximum absolute atomic E-state index is 5.82. The van der Waals surface area contributed by atoms with Gasteiger partial charge in [-0.1, -0.05) is 11.6 Å². The van der Waals surface area contributed by atoms with Gasteiger partial charge in [-0.3, -0.25) is 0 Å². The molecule has 1 fully saturated rings. The molecule has 2 heterocycles. The lowest BCUT2D eigenvalue weighted by atomic mass is 10.1. The third kappa shape index (κ3) is 4.19. The molecule has 0 radical (unpaired) electrons. The zero-order valence-corrected chi connectivity index (χ0v) is 13.8. The van der Waals surface area contributed by atoms with E-state index >= 15 is 0 Å². The van der Waals surface area contributed by atoms with Crippen molar-refractivity contribution in [3.63, 3.8) is 0 Å². The van der Waals surface area contributed by atoms with Gasteiger partial charge in [-0.15, -0.1) is 0 Å². The summed E-state index contributed by atoms with van der Waals surface area (Å²) in [4.78, 5) is 4.68. The van der Waals surface area contributed by atoms with Gasteiger partial charge in [0.15, 0.2) is 0 Å². The van der Waals surface area contributed by atoms with Gasteiger partial charge in [0.2, 0.25) is 5.88 Å². The minimum absolute atomic E-state index is 0.412. The van der Waals surface area contributed by atoms with Crippen LogP contribution in [0.5, 0.6) is 5.88 Å². The summed E-state index contributed by atoms with van der Waals surface area (Å²) in [6, 6.07) is 8.84. The second-order valence-electron chi connectivity index (χ2n) is 5.93. The molecule has 1 aromatic heterocycles. The highest BCUT2D eigenvalue weighted by molar-refractivity contribution is 5.80. The third-order valence-electron chi connectivity index (χ3n) is 4.05. The van der Waals surface area contributed by atoms with Crippen LogP contribution in [-0.2, 0) is 16.0 Å². The summed E-state index contributed by atoms with van der Waals surface area (Å²) in [5.74, 6) is 0.685. The molecular weight excluding hydrogens is 292 g/mol. The van der Waals surface area contributed by atoms with E-state index < -0.39 is 0 Å². The Morgan fingerprint density at radius 3 is 3.00 bits per heavy atom. The number of hydrogen-bond donors (Lipinski definition) is 1. The minimum atomic E-state index is 0.412. The molecule has 1 saturated heterocycles. The first-order chi connectivity index (χ1) is 11.3. The molecule has 0 spiro atoms. The Morgan fingerprint density at radius 1 is 1.30 bits per heavy atom. The van der Waals surface area contributed by atoms with E-state index in [0.717, 1.165) is 42.6 Å². The Bertz CT molecular complexity index is 654. The van der Waals surface area contributed by atoms with Crippen LogP contribution in [0.15, 0.2) is 24.3 Å². The number of aromatic nitrogens is 1. The number of nitrogens with zero attached hydrogens (tertiary/aromatic N) is 1. The molecule has 1 aliphatic heterocycles. The number of hydrogen-bond acceptors (Lipinski definition) is 5. The van der Waals surface area contributed by atoms with E-state index in [1.165, 1.54) is 5.56 Å². The first-order valence-electron chi connectivity index (χ1n) is 8.09. The largest absolute Gasteiger partial charge is 0.475 e. The Hall–Kier alpha value is -1.69. The number of aryl methyl sites for hydroxylation is 1. The zero-order chi connectivity index (χ0) is 16.1. The molecule has 0 amide bonds. The molecule has 1 aliphatic rings. The maximum Gasteiger partial charge on any atom is 0.218 e. The van der Waals surface area contributed by atoms with Crippen LogP contribution in [0.25, 0.3) is 10.9 Å². The molecule has 1 unspecified atom stereocenters. The van der Waals surface area contributed by atoms with Crippen LogP contribution in [0, 0.1) is 6.92 Å². The topological polar surface area (TPSA) is 52.6 Å². The van der Waals surface area contributed by atoms with Crippen molar-refractivity contribution < 1.29 is 14.2 Å². The Balaban J connectivity index is 1.82. The summed E-state index contributed by atoms with van der Waals surface area (Å²) in [5, 5.41) is 4.67. The molecule has 23 heavy (non-hydrogen) atoms. The summed E-state index contributed by atoms with van der Waals surface area (Å²) in [6.45, 7) is 5.49. The monoisotopic (exact) mass is 316 g/mol. The predicted octanol–water partition coefficient (Wildman–Crippen LogP) is 2.45. The number of pyridine rings is 1. The summed E-state index contributed by atoms with van der Waals surface area (Å²) < 4.78 is 16.3. The highest BCUT2D eigenvalue weighted by Crippen LogP contribution is 2.23. The summed E-state index contributed by atoms with van der Waals surface area (Å²) >= 11 is 0. The van der Waals surface area contributed by atoms with E-state index in [2.05, 4.69) is 35.4 Å². The maximum atomic E-state index is 5.82. The molecule has 1 N–H and O–H groups in total. The average molecular weight is 316 g/mol. The van der Waals surface area contributed by atoms with E-state index in [1.807, 2.05) is 6.07 Å². The van der Waals surface area contributed by atoms with Gasteiger partial charge in [-0.2, -0.15) is 0 Å². The van der Waals surface area contributed by atoms with Gasteiger partial charge in [-0.25, -0.2) is 4.98 Å². The molecule has 2 aromatic rings. The van der Waals surface area contributed by atoms with Gasteiger partial charge in [0, 0.05) is 37.3 Å². The molecular formula is C18H24N2O3. The summed E-state index contributed by atoms with van der Waals surface area (Å²) in [5.41, 5.74) is 3.26. The summed E-state index contributed by atoms with van der Waals surface area (Å²) in [6.07, 6.45) is 1.06. The second kappa shape index (κ2) is 7.73. The normalized spacial score (nSPS) is 17.7. The van der Waals surface area contributed by atoms with Crippen molar-refractivity contribution >= 4 is 10.9 Å². The lowest BCUT2D eigenvalue weighted by Crippen LogP contribution is -2.28. The zero-order valence-electron chi connectivity index (χ0n) is 13.8. The van der Waals surface area contributed by atoms with E-state index in [-0.39, 0.29) is 0 Å². The van der Waals surface area contributed by atoms with Gasteiger partial charge in [0.05, 0.1) is 18.7 Å². The van der Waals surface area contributed by atoms with Crippen molar-refractivity contribution in [3.8, 4) is 5.88 Å². The number of rotatable bonds is 7. The quantitative estimate of drug-likeness (QED) is 0.795. The van der Waals surface area contributed by atoms with Crippen LogP contribution in [0.3, 0.4) is 0 Å². The minimum Gasteiger partial charge on any atom is -0.475 e. The van der Waals surface area contributed by atoms with Crippen molar-refractivity contribution in [1.29, 1.82) is 0 Å². The molecule has 0 bridgehead atoms. The SMILES string of the molecule is COCCOc1nc2ccc(C)cc2cc1CNC1CCOC1. The number of nitrogens with one attached hydrogen (secondary N) is 1. The Kier molecular flexibility index (Phi) is 5.43. The standard InChI is InChI=1S/C18H24N2O3/c1-13-3-4-17-14(9-13)10-15(11-19-16-5-6-22-12-16)18(20-17)23-8-7-21-2/h3-4,9-10,16,19H,5-8,11-12H2,1-2H3. The highest BCUT2D eigenvalue weighted by Gasteiger charge is 2.16. The van der Waals surface area contributed by atoms with Crippen molar-refractivity contribution in [2.45, 2.75) is 25.9 Å². The van der Waals surface area contributed by atoms with Crippen LogP contribution >= 0.6 is 0 Å². The number of fused-ring (bicyclic) bond motifs is 1. The molecule has 5 nitrogen and oxygen atoms in total. The Morgan fingerprint density at radius 2 is 2.22 bits per heavy atom. The van der Waals surface area contributed by atoms with Gasteiger partial charge in [0.1, 0.15) is 6.61 Å². The second-order valence-corrected chi connectivity index (χ2v) is 5.93. The van der Waals surface area contributed by atoms with Crippen LogP contribution in [0.1, 0.15) is 17.5 Å². The van der Waals surface area contributed by atoms with Gasteiger partial charge in [0.25, 0.3) is 0 Å². The Labute approximate surface area is 137 Å². The highest BCUT2D eigenvalue weighted by atomic mass is 16.5. The van der Waals surface area contributed by atoms with Crippen molar-refractivity contribution in [3.05, 3.63) is 35.4 Å². The van der Waals surface area contributed by atoms with Crippen LogP contribution in [0.2, 0.25) is 0 Å². The smallest absolute Gasteiger partial charge is 0.218 e. The van der Waals surface area contributed by atoms with Crippen molar-refractivity contribution in [2.75, 3.05) is 33.5 Å². The van der Waals surface area contributed by atoms with E-state index in [4.69, 9.17) is 14.2 Å². The van der Waals surface area contributed by atoms with E-state index in [9.17, 15) is 0 Å². The van der Waals surface area contributed by atoms with Crippen LogP contribution in [0.4, 0.5) is 0 Å². The molecule has 0 saturated carbocycles. The van der Waals surface area contributed by atoms with Crippen molar-refractivity contribution in [2.24, 2.45) is 0 Å². The van der Waals surface area contributed by atoms with Crippen LogP contribution < -0.4 is 10.1 Å². The van der Waals surface area contributed by atoms with Crippen LogP contribution in [-0.4, -0.2) is 44.6 Å². The third-order valence-corrected chi connectivity index (χ3v) is 4.05. The van der Waals surface area contributed by atoms with E-state index in [0.29, 0.717) is 25.1 Å². The molecule has 5 heteroatoms. The number of benzene rings is 1. The lowest BCUT2D eigenvalue weighted by molar-refractivity contribution is 0.143. The number of ether oxygens (including phenoxy) is 3. The molecule has 1 aromatic carbocycles. The van der Waals surface area contributed by atoms with Gasteiger partial charge < -0.3 is 19.5 Å². The fourth-order valence-corrected chi connectivity index (χ4v) is 2.75. The lowest BCUT2D eigenvalue weighted by Gasteiger charge is -2.15. The van der Waals surface area contributed by atoms with Gasteiger partial charge in [-0.05, 0) is 31.5 Å². The average Bonchev–Trinajstić information content (AvgIpc) is 3.06. The fraction of sp³-hybridized carbons (Fsp3) is 0.500. The first kappa shape index (κ1) is 16.2. The number of methoxy groups -OCH3 is 1.